The molecule has 0 aliphatic rings. The van der Waals surface area contributed by atoms with E-state index in [9.17, 15) is 4.79 Å². The maximum absolute atomic E-state index is 12.1. The fraction of sp³-hybridized carbons (Fsp3) is 0.0556. The molecule has 114 valence electrons. The van der Waals surface area contributed by atoms with Crippen molar-refractivity contribution in [3.05, 3.63) is 71.6 Å². The van der Waals surface area contributed by atoms with Gasteiger partial charge in [0.1, 0.15) is 6.33 Å². The van der Waals surface area contributed by atoms with Crippen molar-refractivity contribution in [2.45, 2.75) is 0 Å². The van der Waals surface area contributed by atoms with Crippen LogP contribution in [0.15, 0.2) is 60.9 Å². The van der Waals surface area contributed by atoms with Gasteiger partial charge in [0.15, 0.2) is 5.69 Å². The Morgan fingerprint density at radius 1 is 0.957 bits per heavy atom. The first-order chi connectivity index (χ1) is 11.2. The van der Waals surface area contributed by atoms with Gasteiger partial charge in [0.25, 0.3) is 0 Å². The van der Waals surface area contributed by atoms with E-state index in [1.807, 2.05) is 42.5 Å². The first-order valence-electron chi connectivity index (χ1n) is 6.95. The Kier molecular flexibility index (Phi) is 4.35. The van der Waals surface area contributed by atoms with Gasteiger partial charge in [-0.05, 0) is 17.7 Å². The molecule has 23 heavy (non-hydrogen) atoms. The Hall–Kier alpha value is -2.72. The minimum Gasteiger partial charge on any atom is -0.464 e. The van der Waals surface area contributed by atoms with Gasteiger partial charge in [-0.15, -0.1) is 0 Å². The summed E-state index contributed by atoms with van der Waals surface area (Å²) in [5, 5.41) is 0.617. The van der Waals surface area contributed by atoms with Crippen LogP contribution in [0.25, 0.3) is 22.4 Å². The van der Waals surface area contributed by atoms with Crippen LogP contribution in [0.3, 0.4) is 0 Å². The number of benzene rings is 2. The van der Waals surface area contributed by atoms with Crippen molar-refractivity contribution < 1.29 is 9.53 Å². The van der Waals surface area contributed by atoms with Crippen LogP contribution in [0.4, 0.5) is 0 Å². The molecule has 5 heteroatoms. The molecule has 1 aromatic heterocycles. The van der Waals surface area contributed by atoms with E-state index in [4.69, 9.17) is 16.3 Å². The summed E-state index contributed by atoms with van der Waals surface area (Å²) in [6, 6.07) is 16.8. The lowest BCUT2D eigenvalue weighted by atomic mass is 9.97. The molecule has 2 aromatic carbocycles. The Bertz CT molecular complexity index is 833. The summed E-state index contributed by atoms with van der Waals surface area (Å²) >= 11 is 5.96. The normalized spacial score (nSPS) is 10.3. The summed E-state index contributed by atoms with van der Waals surface area (Å²) in [5.74, 6) is -0.505. The molecule has 0 fully saturated rings. The third kappa shape index (κ3) is 3.07. The van der Waals surface area contributed by atoms with E-state index in [-0.39, 0.29) is 5.69 Å². The standard InChI is InChI=1S/C18H13ClN2O2/c1-23-18(22)17-15(12-7-9-14(19)10-8-12)16(20-11-21-17)13-5-3-2-4-6-13/h2-11H,1H3. The van der Waals surface area contributed by atoms with Crippen molar-refractivity contribution in [1.29, 1.82) is 0 Å². The highest BCUT2D eigenvalue weighted by molar-refractivity contribution is 6.30. The average Bonchev–Trinajstić information content (AvgIpc) is 2.62. The van der Waals surface area contributed by atoms with Gasteiger partial charge in [-0.25, -0.2) is 14.8 Å². The van der Waals surface area contributed by atoms with E-state index >= 15 is 0 Å². The monoisotopic (exact) mass is 324 g/mol. The van der Waals surface area contributed by atoms with E-state index < -0.39 is 5.97 Å². The van der Waals surface area contributed by atoms with Gasteiger partial charge in [0, 0.05) is 16.1 Å². The second kappa shape index (κ2) is 6.58. The molecule has 0 saturated carbocycles. The molecule has 4 nitrogen and oxygen atoms in total. The smallest absolute Gasteiger partial charge is 0.357 e. The number of methoxy groups -OCH3 is 1. The second-order valence-electron chi connectivity index (χ2n) is 4.81. The molecule has 1 heterocycles. The highest BCUT2D eigenvalue weighted by Gasteiger charge is 2.20. The fourth-order valence-electron chi connectivity index (χ4n) is 2.34. The molecule has 3 rings (SSSR count). The number of hydrogen-bond donors (Lipinski definition) is 0. The second-order valence-corrected chi connectivity index (χ2v) is 5.25. The van der Waals surface area contributed by atoms with E-state index in [2.05, 4.69) is 9.97 Å². The molecule has 0 spiro atoms. The van der Waals surface area contributed by atoms with Gasteiger partial charge < -0.3 is 4.74 Å². The molecule has 0 amide bonds. The summed E-state index contributed by atoms with van der Waals surface area (Å²) in [7, 11) is 1.33. The Labute approximate surface area is 138 Å². The van der Waals surface area contributed by atoms with Crippen molar-refractivity contribution in [1.82, 2.24) is 9.97 Å². The molecular formula is C18H13ClN2O2. The van der Waals surface area contributed by atoms with Gasteiger partial charge in [-0.2, -0.15) is 0 Å². The fourth-order valence-corrected chi connectivity index (χ4v) is 2.47. The first-order valence-corrected chi connectivity index (χ1v) is 7.33. The van der Waals surface area contributed by atoms with Crippen LogP contribution in [-0.4, -0.2) is 23.0 Å². The van der Waals surface area contributed by atoms with E-state index in [0.717, 1.165) is 11.1 Å². The lowest BCUT2D eigenvalue weighted by molar-refractivity contribution is 0.0595. The zero-order valence-corrected chi connectivity index (χ0v) is 13.1. The Morgan fingerprint density at radius 3 is 2.30 bits per heavy atom. The Morgan fingerprint density at radius 2 is 1.65 bits per heavy atom. The van der Waals surface area contributed by atoms with Crippen molar-refractivity contribution in [2.75, 3.05) is 7.11 Å². The predicted molar refractivity (Wildman–Crippen MR) is 89.3 cm³/mol. The molecule has 0 bridgehead atoms. The van der Waals surface area contributed by atoms with Crippen molar-refractivity contribution in [3.8, 4) is 22.4 Å². The number of esters is 1. The predicted octanol–water partition coefficient (Wildman–Crippen LogP) is 4.25. The number of carbonyl (C=O) groups is 1. The van der Waals surface area contributed by atoms with Crippen LogP contribution < -0.4 is 0 Å². The number of hydrogen-bond acceptors (Lipinski definition) is 4. The molecule has 0 radical (unpaired) electrons. The Balaban J connectivity index is 2.28. The molecule has 0 N–H and O–H groups in total. The third-order valence-electron chi connectivity index (χ3n) is 3.41. The average molecular weight is 325 g/mol. The topological polar surface area (TPSA) is 52.1 Å². The lowest BCUT2D eigenvalue weighted by Gasteiger charge is -2.12. The highest BCUT2D eigenvalue weighted by Crippen LogP contribution is 2.33. The van der Waals surface area contributed by atoms with Crippen LogP contribution >= 0.6 is 11.6 Å². The molecule has 0 atom stereocenters. The summed E-state index contributed by atoms with van der Waals surface area (Å²) in [4.78, 5) is 20.6. The highest BCUT2D eigenvalue weighted by atomic mass is 35.5. The molecule has 0 unspecified atom stereocenters. The van der Waals surface area contributed by atoms with Crippen molar-refractivity contribution in [2.24, 2.45) is 0 Å². The molecule has 0 saturated heterocycles. The SMILES string of the molecule is COC(=O)c1ncnc(-c2ccccc2)c1-c1ccc(Cl)cc1. The van der Waals surface area contributed by atoms with Crippen LogP contribution in [0.2, 0.25) is 5.02 Å². The van der Waals surface area contributed by atoms with E-state index in [1.54, 1.807) is 12.1 Å². The zero-order valence-electron chi connectivity index (χ0n) is 12.4. The number of rotatable bonds is 3. The minimum absolute atomic E-state index is 0.226. The van der Waals surface area contributed by atoms with Crippen molar-refractivity contribution in [3.63, 3.8) is 0 Å². The largest absolute Gasteiger partial charge is 0.464 e. The van der Waals surface area contributed by atoms with Crippen LogP contribution in [0, 0.1) is 0 Å². The van der Waals surface area contributed by atoms with Gasteiger partial charge >= 0.3 is 5.97 Å². The van der Waals surface area contributed by atoms with Gasteiger partial charge in [0.05, 0.1) is 12.8 Å². The number of aromatic nitrogens is 2. The molecule has 3 aromatic rings. The molecule has 0 aliphatic carbocycles. The molecule has 0 aliphatic heterocycles. The van der Waals surface area contributed by atoms with Crippen LogP contribution in [0.1, 0.15) is 10.5 Å². The van der Waals surface area contributed by atoms with Gasteiger partial charge in [0.2, 0.25) is 0 Å². The number of ether oxygens (including phenoxy) is 1. The van der Waals surface area contributed by atoms with E-state index in [1.165, 1.54) is 13.4 Å². The summed E-state index contributed by atoms with van der Waals surface area (Å²) in [6.07, 6.45) is 1.37. The van der Waals surface area contributed by atoms with E-state index in [0.29, 0.717) is 16.3 Å². The quantitative estimate of drug-likeness (QED) is 0.676. The van der Waals surface area contributed by atoms with Gasteiger partial charge in [-0.1, -0.05) is 54.1 Å². The summed E-state index contributed by atoms with van der Waals surface area (Å²) in [6.45, 7) is 0. The first kappa shape index (κ1) is 15.2. The third-order valence-corrected chi connectivity index (χ3v) is 3.66. The minimum atomic E-state index is -0.505. The number of halogens is 1. The maximum Gasteiger partial charge on any atom is 0.357 e. The zero-order chi connectivity index (χ0) is 16.2. The number of nitrogens with zero attached hydrogens (tertiary/aromatic N) is 2. The number of carbonyl (C=O) groups excluding carboxylic acids is 1. The van der Waals surface area contributed by atoms with Crippen molar-refractivity contribution >= 4 is 17.6 Å². The van der Waals surface area contributed by atoms with Crippen LogP contribution in [-0.2, 0) is 4.74 Å². The lowest BCUT2D eigenvalue weighted by Crippen LogP contribution is -2.08. The molecular weight excluding hydrogens is 312 g/mol. The van der Waals surface area contributed by atoms with Gasteiger partial charge in [-0.3, -0.25) is 0 Å². The van der Waals surface area contributed by atoms with Crippen LogP contribution in [0.5, 0.6) is 0 Å². The maximum atomic E-state index is 12.1. The summed E-state index contributed by atoms with van der Waals surface area (Å²) < 4.78 is 4.86. The summed E-state index contributed by atoms with van der Waals surface area (Å²) in [5.41, 5.74) is 3.22.